The van der Waals surface area contributed by atoms with Gasteiger partial charge in [-0.15, -0.1) is 0 Å². The number of hydrogen-bond donors (Lipinski definition) is 1. The number of nitrogens with zero attached hydrogens (tertiary/aromatic N) is 3. The lowest BCUT2D eigenvalue weighted by molar-refractivity contribution is 0.199. The molecule has 0 spiro atoms. The maximum Gasteiger partial charge on any atom is 0.317 e. The number of hydrogen-bond acceptors (Lipinski definition) is 2. The second kappa shape index (κ2) is 8.95. The van der Waals surface area contributed by atoms with E-state index in [1.54, 1.807) is 32.3 Å². The molecular weight excluding hydrogens is 446 g/mol. The molecule has 3 aromatic rings. The van der Waals surface area contributed by atoms with Gasteiger partial charge >= 0.3 is 6.03 Å². The topological polar surface area (TPSA) is 50.2 Å². The fraction of sp³-hybridized carbons (Fsp3) is 0.357. The molecule has 0 bridgehead atoms. The minimum atomic E-state index is -0.305. The molecule has 1 saturated carbocycles. The van der Waals surface area contributed by atoms with Gasteiger partial charge in [-0.3, -0.25) is 0 Å². The summed E-state index contributed by atoms with van der Waals surface area (Å²) in [5, 5.41) is 7.71. The van der Waals surface area contributed by atoms with Crippen molar-refractivity contribution in [2.45, 2.75) is 38.6 Å². The van der Waals surface area contributed by atoms with Crippen molar-refractivity contribution in [3.05, 3.63) is 88.8 Å². The molecule has 1 aromatic heterocycles. The number of amides is 2. The SMILES string of the molecule is CN(C)C(=O)NC(C[C@H]1CCC2=Cc3c(cnn3-c3ccc(F)cc3)C[C@@]21C)c1cccc(F)c1. The molecule has 5 nitrogen and oxygen atoms in total. The van der Waals surface area contributed by atoms with Gasteiger partial charge in [-0.05, 0) is 90.6 Å². The Balaban J connectivity index is 1.43. The van der Waals surface area contributed by atoms with Crippen LogP contribution in [0.2, 0.25) is 0 Å². The molecule has 3 atom stereocenters. The van der Waals surface area contributed by atoms with Crippen LogP contribution in [0.3, 0.4) is 0 Å². The molecule has 1 N–H and O–H groups in total. The van der Waals surface area contributed by atoms with Gasteiger partial charge in [0.05, 0.1) is 23.6 Å². The first-order chi connectivity index (χ1) is 16.7. The van der Waals surface area contributed by atoms with Crippen molar-refractivity contribution in [1.82, 2.24) is 20.0 Å². The van der Waals surface area contributed by atoms with E-state index in [1.807, 2.05) is 16.9 Å². The number of urea groups is 1. The van der Waals surface area contributed by atoms with Crippen molar-refractivity contribution in [3.8, 4) is 5.69 Å². The van der Waals surface area contributed by atoms with E-state index in [2.05, 4.69) is 23.4 Å². The van der Waals surface area contributed by atoms with E-state index in [1.165, 1.54) is 34.7 Å². The lowest BCUT2D eigenvalue weighted by Crippen LogP contribution is -2.39. The van der Waals surface area contributed by atoms with Crippen molar-refractivity contribution in [2.24, 2.45) is 11.3 Å². The van der Waals surface area contributed by atoms with Crippen LogP contribution in [0.1, 0.15) is 49.0 Å². The molecule has 7 heteroatoms. The van der Waals surface area contributed by atoms with E-state index in [0.717, 1.165) is 48.2 Å². The number of rotatable bonds is 5. The van der Waals surface area contributed by atoms with Crippen LogP contribution in [0, 0.1) is 23.0 Å². The van der Waals surface area contributed by atoms with Crippen LogP contribution in [0.15, 0.2) is 60.3 Å². The molecular formula is C28H30F2N4O. The summed E-state index contributed by atoms with van der Waals surface area (Å²) in [6.07, 6.45) is 7.68. The molecule has 35 heavy (non-hydrogen) atoms. The summed E-state index contributed by atoms with van der Waals surface area (Å²) in [6, 6.07) is 12.4. The third-order valence-electron chi connectivity index (χ3n) is 7.70. The number of nitrogens with one attached hydrogen (secondary N) is 1. The largest absolute Gasteiger partial charge is 0.331 e. The highest BCUT2D eigenvalue weighted by Gasteiger charge is 2.46. The first kappa shape index (κ1) is 23.3. The summed E-state index contributed by atoms with van der Waals surface area (Å²) in [5.74, 6) is -0.263. The predicted octanol–water partition coefficient (Wildman–Crippen LogP) is 5.91. The van der Waals surface area contributed by atoms with E-state index >= 15 is 0 Å². The second-order valence-electron chi connectivity index (χ2n) is 10.1. The summed E-state index contributed by atoms with van der Waals surface area (Å²) in [7, 11) is 3.41. The molecule has 5 rings (SSSR count). The van der Waals surface area contributed by atoms with E-state index in [9.17, 15) is 13.6 Å². The van der Waals surface area contributed by atoms with E-state index in [4.69, 9.17) is 0 Å². The van der Waals surface area contributed by atoms with Crippen molar-refractivity contribution < 1.29 is 13.6 Å². The summed E-state index contributed by atoms with van der Waals surface area (Å²) in [4.78, 5) is 14.0. The van der Waals surface area contributed by atoms with Crippen LogP contribution in [-0.4, -0.2) is 34.8 Å². The molecule has 0 radical (unpaired) electrons. The van der Waals surface area contributed by atoms with Gasteiger partial charge in [-0.2, -0.15) is 5.10 Å². The normalized spacial score (nSPS) is 21.6. The average Bonchev–Trinajstić information content (AvgIpc) is 3.37. The Morgan fingerprint density at radius 3 is 2.69 bits per heavy atom. The summed E-state index contributed by atoms with van der Waals surface area (Å²) in [6.45, 7) is 2.30. The fourth-order valence-electron chi connectivity index (χ4n) is 5.66. The van der Waals surface area contributed by atoms with Crippen LogP contribution >= 0.6 is 0 Å². The Morgan fingerprint density at radius 2 is 1.97 bits per heavy atom. The van der Waals surface area contributed by atoms with Crippen LogP contribution in [-0.2, 0) is 6.42 Å². The van der Waals surface area contributed by atoms with Crippen molar-refractivity contribution >= 4 is 12.1 Å². The smallest absolute Gasteiger partial charge is 0.317 e. The summed E-state index contributed by atoms with van der Waals surface area (Å²) < 4.78 is 29.3. The Kier molecular flexibility index (Phi) is 5.95. The highest BCUT2D eigenvalue weighted by Crippen LogP contribution is 2.55. The predicted molar refractivity (Wildman–Crippen MR) is 132 cm³/mol. The number of halogens is 2. The number of fused-ring (bicyclic) bond motifs is 2. The molecule has 182 valence electrons. The summed E-state index contributed by atoms with van der Waals surface area (Å²) >= 11 is 0. The quantitative estimate of drug-likeness (QED) is 0.498. The fourth-order valence-corrected chi connectivity index (χ4v) is 5.66. The van der Waals surface area contributed by atoms with Crippen molar-refractivity contribution in [2.75, 3.05) is 14.1 Å². The number of benzene rings is 2. The standard InChI is InChI=1S/C28H30F2N4O/c1-28-16-19-17-31-34(24-11-9-22(29)10-12-24)26(19)15-21(28)8-7-20(28)14-25(32-27(35)33(2)3)18-5-4-6-23(30)13-18/h4-6,9-13,15,17,20,25H,7-8,14,16H2,1-3H3,(H,32,35)/t20-,25?,28-/m1/s1. The van der Waals surface area contributed by atoms with Gasteiger partial charge in [0.25, 0.3) is 0 Å². The summed E-state index contributed by atoms with van der Waals surface area (Å²) in [5.41, 5.74) is 5.12. The molecule has 1 unspecified atom stereocenters. The lowest BCUT2D eigenvalue weighted by atomic mass is 9.68. The van der Waals surface area contributed by atoms with Gasteiger partial charge in [-0.1, -0.05) is 24.6 Å². The highest BCUT2D eigenvalue weighted by molar-refractivity contribution is 5.74. The first-order valence-electron chi connectivity index (χ1n) is 12.0. The minimum absolute atomic E-state index is 0.0714. The molecule has 0 saturated heterocycles. The molecule has 2 aromatic carbocycles. The molecule has 2 amide bonds. The Hall–Kier alpha value is -3.48. The molecule has 1 fully saturated rings. The first-order valence-corrected chi connectivity index (χ1v) is 12.0. The van der Waals surface area contributed by atoms with E-state index in [0.29, 0.717) is 5.92 Å². The van der Waals surface area contributed by atoms with Crippen LogP contribution in [0.25, 0.3) is 11.8 Å². The molecule has 0 aliphatic heterocycles. The van der Waals surface area contributed by atoms with Crippen LogP contribution < -0.4 is 5.32 Å². The average molecular weight is 477 g/mol. The van der Waals surface area contributed by atoms with Crippen LogP contribution in [0.5, 0.6) is 0 Å². The molecule has 2 aliphatic rings. The third-order valence-corrected chi connectivity index (χ3v) is 7.70. The number of carbonyl (C=O) groups excluding carboxylic acids is 1. The lowest BCUT2D eigenvalue weighted by Gasteiger charge is -2.38. The maximum absolute atomic E-state index is 14.0. The van der Waals surface area contributed by atoms with Gasteiger partial charge < -0.3 is 10.2 Å². The zero-order valence-electron chi connectivity index (χ0n) is 20.3. The second-order valence-corrected chi connectivity index (χ2v) is 10.1. The maximum atomic E-state index is 14.0. The van der Waals surface area contributed by atoms with Gasteiger partial charge in [-0.25, -0.2) is 18.3 Å². The van der Waals surface area contributed by atoms with Gasteiger partial charge in [0, 0.05) is 14.1 Å². The van der Waals surface area contributed by atoms with Gasteiger partial charge in [0.2, 0.25) is 0 Å². The Labute approximate surface area is 204 Å². The van der Waals surface area contributed by atoms with E-state index in [-0.39, 0.29) is 29.1 Å². The van der Waals surface area contributed by atoms with Gasteiger partial charge in [0.1, 0.15) is 11.6 Å². The van der Waals surface area contributed by atoms with Crippen molar-refractivity contribution in [1.29, 1.82) is 0 Å². The zero-order valence-corrected chi connectivity index (χ0v) is 20.3. The van der Waals surface area contributed by atoms with Crippen LogP contribution in [0.4, 0.5) is 13.6 Å². The Bertz CT molecular complexity index is 1280. The molecule has 1 heterocycles. The number of carbonyl (C=O) groups is 1. The Morgan fingerprint density at radius 1 is 1.20 bits per heavy atom. The zero-order chi connectivity index (χ0) is 24.7. The third kappa shape index (κ3) is 4.35. The number of aromatic nitrogens is 2. The molecule has 2 aliphatic carbocycles. The number of allylic oxidation sites excluding steroid dienone is 1. The van der Waals surface area contributed by atoms with Crippen molar-refractivity contribution in [3.63, 3.8) is 0 Å². The highest BCUT2D eigenvalue weighted by atomic mass is 19.1. The van der Waals surface area contributed by atoms with Gasteiger partial charge in [0.15, 0.2) is 0 Å². The monoisotopic (exact) mass is 476 g/mol. The van der Waals surface area contributed by atoms with E-state index < -0.39 is 0 Å². The minimum Gasteiger partial charge on any atom is -0.331 e.